The molecule has 0 aromatic rings. The highest BCUT2D eigenvalue weighted by atomic mass is 28.3. The highest BCUT2D eigenvalue weighted by Crippen LogP contribution is 2.40. The molecule has 6 heteroatoms. The van der Waals surface area contributed by atoms with Gasteiger partial charge in [-0.05, 0) is 11.5 Å². The van der Waals surface area contributed by atoms with E-state index in [9.17, 15) is 14.7 Å². The molecular weight excluding hydrogens is 262 g/mol. The van der Waals surface area contributed by atoms with Gasteiger partial charge in [0.25, 0.3) is 0 Å². The molecule has 1 amide bonds. The van der Waals surface area contributed by atoms with Crippen molar-refractivity contribution >= 4 is 20.0 Å². The molecule has 1 fully saturated rings. The van der Waals surface area contributed by atoms with Crippen molar-refractivity contribution in [2.45, 2.75) is 64.2 Å². The van der Waals surface area contributed by atoms with Gasteiger partial charge in [0, 0.05) is 12.7 Å². The lowest BCUT2D eigenvalue weighted by Crippen LogP contribution is -2.62. The van der Waals surface area contributed by atoms with E-state index in [0.29, 0.717) is 6.42 Å². The number of aliphatic hydroxyl groups excluding tert-OH is 1. The lowest BCUT2D eigenvalue weighted by Gasteiger charge is -2.44. The number of carbonyl (C=O) groups excluding carboxylic acids is 2. The summed E-state index contributed by atoms with van der Waals surface area (Å²) in [5.41, 5.74) is -0.499. The zero-order valence-electron chi connectivity index (χ0n) is 12.6. The number of carbonyl (C=O) groups is 2. The second kappa shape index (κ2) is 5.24. The first-order valence-corrected chi connectivity index (χ1v) is 9.70. The lowest BCUT2D eigenvalue weighted by molar-refractivity contribution is -0.168. The number of esters is 1. The maximum Gasteiger partial charge on any atom is 0.304 e. The van der Waals surface area contributed by atoms with Crippen LogP contribution in [0.2, 0.25) is 18.1 Å². The summed E-state index contributed by atoms with van der Waals surface area (Å²) in [5, 5.41) is 13.0. The van der Waals surface area contributed by atoms with Gasteiger partial charge in [-0.1, -0.05) is 33.9 Å². The Morgan fingerprint density at radius 3 is 2.37 bits per heavy atom. The molecule has 0 spiro atoms. The minimum atomic E-state index is -1.92. The molecule has 5 nitrogen and oxygen atoms in total. The van der Waals surface area contributed by atoms with Crippen LogP contribution in [0.1, 0.15) is 34.1 Å². The van der Waals surface area contributed by atoms with E-state index in [4.69, 9.17) is 4.74 Å². The predicted molar refractivity (Wildman–Crippen MR) is 75.0 cm³/mol. The zero-order valence-corrected chi connectivity index (χ0v) is 13.6. The van der Waals surface area contributed by atoms with Crippen molar-refractivity contribution in [3.8, 4) is 0 Å². The molecule has 1 heterocycles. The summed E-state index contributed by atoms with van der Waals surface area (Å²) < 4.78 is 5.00. The molecule has 1 rings (SSSR count). The molecule has 0 aliphatic carbocycles. The molecule has 19 heavy (non-hydrogen) atoms. The van der Waals surface area contributed by atoms with E-state index >= 15 is 0 Å². The third-order valence-corrected chi connectivity index (χ3v) is 10.3. The standard InChI is InChI=1S/C13H25NO4Si/c1-8(15)18-12-9(11(17)14-12)7-10(16)19(5,6)13(2,3)4/h9-10,12,16H,7H2,1-6H3,(H,14,17). The molecule has 110 valence electrons. The smallest absolute Gasteiger partial charge is 0.304 e. The normalized spacial score (nSPS) is 25.3. The van der Waals surface area contributed by atoms with Gasteiger partial charge >= 0.3 is 5.97 Å². The van der Waals surface area contributed by atoms with Crippen LogP contribution < -0.4 is 5.32 Å². The maximum absolute atomic E-state index is 11.5. The predicted octanol–water partition coefficient (Wildman–Crippen LogP) is 1.42. The number of nitrogens with one attached hydrogen (secondary N) is 1. The Morgan fingerprint density at radius 2 is 2.00 bits per heavy atom. The van der Waals surface area contributed by atoms with Gasteiger partial charge in [0.2, 0.25) is 5.91 Å². The fraction of sp³-hybridized carbons (Fsp3) is 0.846. The first-order valence-electron chi connectivity index (χ1n) is 6.62. The molecule has 0 bridgehead atoms. The average molecular weight is 287 g/mol. The molecule has 3 unspecified atom stereocenters. The largest absolute Gasteiger partial charge is 0.441 e. The van der Waals surface area contributed by atoms with E-state index in [0.717, 1.165) is 0 Å². The summed E-state index contributed by atoms with van der Waals surface area (Å²) in [4.78, 5) is 22.5. The average Bonchev–Trinajstić information content (AvgIpc) is 2.22. The van der Waals surface area contributed by atoms with E-state index in [1.54, 1.807) is 0 Å². The van der Waals surface area contributed by atoms with Crippen molar-refractivity contribution in [2.24, 2.45) is 5.92 Å². The topological polar surface area (TPSA) is 75.6 Å². The van der Waals surface area contributed by atoms with Gasteiger partial charge in [-0.2, -0.15) is 0 Å². The molecule has 2 N–H and O–H groups in total. The molecular formula is C13H25NO4Si. The van der Waals surface area contributed by atoms with Crippen molar-refractivity contribution in [2.75, 3.05) is 0 Å². The Balaban J connectivity index is 2.68. The summed E-state index contributed by atoms with van der Waals surface area (Å²) in [5.74, 6) is -0.992. The van der Waals surface area contributed by atoms with Crippen LogP contribution in [0.4, 0.5) is 0 Å². The van der Waals surface area contributed by atoms with Gasteiger partial charge < -0.3 is 15.2 Å². The summed E-state index contributed by atoms with van der Waals surface area (Å²) >= 11 is 0. The summed E-state index contributed by atoms with van der Waals surface area (Å²) in [6.07, 6.45) is -0.218. The number of hydrogen-bond acceptors (Lipinski definition) is 4. The van der Waals surface area contributed by atoms with Crippen LogP contribution in [0.3, 0.4) is 0 Å². The second-order valence-electron chi connectivity index (χ2n) is 6.87. The van der Waals surface area contributed by atoms with E-state index in [-0.39, 0.29) is 10.9 Å². The summed E-state index contributed by atoms with van der Waals surface area (Å²) in [7, 11) is -1.92. The van der Waals surface area contributed by atoms with E-state index < -0.39 is 31.9 Å². The molecule has 0 aromatic heterocycles. The van der Waals surface area contributed by atoms with Crippen LogP contribution in [-0.2, 0) is 14.3 Å². The second-order valence-corrected chi connectivity index (χ2v) is 12.5. The van der Waals surface area contributed by atoms with E-state index in [1.807, 2.05) is 0 Å². The molecule has 0 aromatic carbocycles. The first-order chi connectivity index (χ1) is 8.46. The maximum atomic E-state index is 11.5. The highest BCUT2D eigenvalue weighted by Gasteiger charge is 2.48. The van der Waals surface area contributed by atoms with Crippen LogP contribution in [-0.4, -0.2) is 37.0 Å². The molecule has 1 saturated heterocycles. The highest BCUT2D eigenvalue weighted by molar-refractivity contribution is 6.81. The minimum absolute atomic E-state index is 0.0452. The Morgan fingerprint density at radius 1 is 1.47 bits per heavy atom. The third kappa shape index (κ3) is 3.36. The van der Waals surface area contributed by atoms with Gasteiger partial charge in [-0.3, -0.25) is 9.59 Å². The quantitative estimate of drug-likeness (QED) is 0.466. The number of aliphatic hydroxyl groups is 1. The van der Waals surface area contributed by atoms with E-state index in [2.05, 4.69) is 39.2 Å². The van der Waals surface area contributed by atoms with Gasteiger partial charge in [0.05, 0.1) is 14.0 Å². The zero-order chi connectivity index (χ0) is 15.0. The van der Waals surface area contributed by atoms with Crippen molar-refractivity contribution in [1.82, 2.24) is 5.32 Å². The van der Waals surface area contributed by atoms with Crippen LogP contribution in [0, 0.1) is 5.92 Å². The number of hydrogen-bond donors (Lipinski definition) is 2. The monoisotopic (exact) mass is 287 g/mol. The van der Waals surface area contributed by atoms with Crippen molar-refractivity contribution in [1.29, 1.82) is 0 Å². The van der Waals surface area contributed by atoms with Gasteiger partial charge in [-0.15, -0.1) is 0 Å². The molecule has 3 atom stereocenters. The van der Waals surface area contributed by atoms with Gasteiger partial charge in [-0.25, -0.2) is 0 Å². The van der Waals surface area contributed by atoms with Crippen LogP contribution >= 0.6 is 0 Å². The number of β-lactam (4-membered cyclic amide) rings is 1. The van der Waals surface area contributed by atoms with Crippen LogP contribution in [0.15, 0.2) is 0 Å². The SMILES string of the molecule is CC(=O)OC1NC(=O)C1CC(O)[Si](C)(C)C(C)(C)C. The molecule has 1 aliphatic heterocycles. The molecule has 1 aliphatic rings. The number of amides is 1. The Labute approximate surface area is 115 Å². The fourth-order valence-electron chi connectivity index (χ4n) is 1.95. The minimum Gasteiger partial charge on any atom is -0.441 e. The third-order valence-electron chi connectivity index (χ3n) is 4.52. The van der Waals surface area contributed by atoms with Crippen molar-refractivity contribution < 1.29 is 19.4 Å². The fourth-order valence-corrected chi connectivity index (χ4v) is 3.79. The Kier molecular flexibility index (Phi) is 4.46. The Bertz CT molecular complexity index is 375. The van der Waals surface area contributed by atoms with Crippen molar-refractivity contribution in [3.63, 3.8) is 0 Å². The van der Waals surface area contributed by atoms with Crippen LogP contribution in [0.5, 0.6) is 0 Å². The van der Waals surface area contributed by atoms with Gasteiger partial charge in [0.15, 0.2) is 6.23 Å². The Hall–Kier alpha value is -0.883. The van der Waals surface area contributed by atoms with E-state index in [1.165, 1.54) is 6.92 Å². The first kappa shape index (κ1) is 16.2. The van der Waals surface area contributed by atoms with Crippen LogP contribution in [0.25, 0.3) is 0 Å². The lowest BCUT2D eigenvalue weighted by atomic mass is 9.95. The number of rotatable bonds is 4. The summed E-state index contributed by atoms with van der Waals surface area (Å²) in [6, 6.07) is 0. The number of ether oxygens (including phenoxy) is 1. The van der Waals surface area contributed by atoms with Gasteiger partial charge in [0.1, 0.15) is 0 Å². The molecule has 0 radical (unpaired) electrons. The molecule has 0 saturated carbocycles. The summed E-state index contributed by atoms with van der Waals surface area (Å²) in [6.45, 7) is 11.9. The van der Waals surface area contributed by atoms with Crippen molar-refractivity contribution in [3.05, 3.63) is 0 Å².